The molecule has 0 spiro atoms. The number of ether oxygens (including phenoxy) is 1. The number of methoxy groups -OCH3 is 1. The molecule has 82 valence electrons. The number of benzene rings is 1. The first-order chi connectivity index (χ1) is 7.06. The molecule has 0 aliphatic carbocycles. The molecule has 16 heavy (non-hydrogen) atoms. The molecule has 0 aliphatic heterocycles. The average Bonchev–Trinajstić information content (AvgIpc) is 2.16. The van der Waals surface area contributed by atoms with Gasteiger partial charge in [0.05, 0.1) is 12.0 Å². The SMILES string of the molecule is COc1cccc(S(=O)O)c1N=C(C)[O-].[Li+]. The van der Waals surface area contributed by atoms with Gasteiger partial charge in [0, 0.05) is 0 Å². The second-order valence-electron chi connectivity index (χ2n) is 2.69. The Bertz CT molecular complexity index is 418. The number of rotatable bonds is 3. The van der Waals surface area contributed by atoms with Crippen molar-refractivity contribution in [1.82, 2.24) is 0 Å². The van der Waals surface area contributed by atoms with E-state index in [1.165, 1.54) is 20.1 Å². The van der Waals surface area contributed by atoms with Crippen LogP contribution in [0.3, 0.4) is 0 Å². The molecule has 1 aromatic rings. The van der Waals surface area contributed by atoms with Crippen LogP contribution in [0.5, 0.6) is 5.75 Å². The van der Waals surface area contributed by atoms with Crippen LogP contribution in [0.1, 0.15) is 6.92 Å². The van der Waals surface area contributed by atoms with E-state index in [1.54, 1.807) is 12.1 Å². The molecule has 0 saturated heterocycles. The molecule has 0 aliphatic rings. The predicted octanol–water partition coefficient (Wildman–Crippen LogP) is -2.31. The van der Waals surface area contributed by atoms with Crippen molar-refractivity contribution >= 4 is 22.7 Å². The van der Waals surface area contributed by atoms with Crippen molar-refractivity contribution in [2.24, 2.45) is 4.99 Å². The Morgan fingerprint density at radius 1 is 1.56 bits per heavy atom. The fourth-order valence-electron chi connectivity index (χ4n) is 1.08. The minimum Gasteiger partial charge on any atom is -0.862 e. The third kappa shape index (κ3) is 3.65. The van der Waals surface area contributed by atoms with Gasteiger partial charge in [-0.05, 0) is 25.0 Å². The van der Waals surface area contributed by atoms with E-state index in [0.29, 0.717) is 5.75 Å². The molecule has 0 bridgehead atoms. The van der Waals surface area contributed by atoms with Crippen LogP contribution in [0.4, 0.5) is 5.69 Å². The summed E-state index contributed by atoms with van der Waals surface area (Å²) >= 11 is -2.19. The summed E-state index contributed by atoms with van der Waals surface area (Å²) in [5.41, 5.74) is 0.105. The molecule has 5 nitrogen and oxygen atoms in total. The summed E-state index contributed by atoms with van der Waals surface area (Å²) < 4.78 is 24.9. The van der Waals surface area contributed by atoms with Crippen molar-refractivity contribution in [2.45, 2.75) is 11.8 Å². The van der Waals surface area contributed by atoms with Gasteiger partial charge in [0.1, 0.15) is 11.4 Å². The summed E-state index contributed by atoms with van der Waals surface area (Å²) in [4.78, 5) is 3.69. The molecule has 0 heterocycles. The van der Waals surface area contributed by atoms with Crippen LogP contribution >= 0.6 is 0 Å². The standard InChI is InChI=1S/C9H11NO4S.Li/c1-6(11)10-9-7(14-2)4-3-5-8(9)15(12)13;/h3-5H,1-2H3,(H,10,11)(H,12,13);/q;+1/p-1. The Kier molecular flexibility index (Phi) is 6.37. The summed E-state index contributed by atoms with van der Waals surface area (Å²) in [6.45, 7) is 1.26. The third-order valence-corrected chi connectivity index (χ3v) is 2.34. The van der Waals surface area contributed by atoms with Gasteiger partial charge in [0.25, 0.3) is 0 Å². The Balaban J connectivity index is 0.00000225. The zero-order valence-electron chi connectivity index (χ0n) is 9.26. The molecule has 0 fully saturated rings. The van der Waals surface area contributed by atoms with Gasteiger partial charge in [-0.3, -0.25) is 4.99 Å². The van der Waals surface area contributed by atoms with Gasteiger partial charge in [-0.15, -0.1) is 0 Å². The topological polar surface area (TPSA) is 82.0 Å². The largest absolute Gasteiger partial charge is 1.00 e. The zero-order valence-corrected chi connectivity index (χ0v) is 10.1. The average molecular weight is 235 g/mol. The van der Waals surface area contributed by atoms with Crippen LogP contribution < -0.4 is 28.7 Å². The van der Waals surface area contributed by atoms with Gasteiger partial charge in [-0.1, -0.05) is 6.07 Å². The summed E-state index contributed by atoms with van der Waals surface area (Å²) in [6, 6.07) is 4.54. The fraction of sp³-hybridized carbons (Fsp3) is 0.222. The van der Waals surface area contributed by atoms with Crippen molar-refractivity contribution in [2.75, 3.05) is 7.11 Å². The molecule has 0 radical (unpaired) electrons. The maximum absolute atomic E-state index is 11.0. The van der Waals surface area contributed by atoms with Gasteiger partial charge in [0.15, 0.2) is 11.1 Å². The second-order valence-corrected chi connectivity index (χ2v) is 3.63. The molecule has 1 aromatic carbocycles. The number of para-hydroxylation sites is 1. The van der Waals surface area contributed by atoms with E-state index < -0.39 is 17.0 Å². The molecule has 1 N–H and O–H groups in total. The van der Waals surface area contributed by atoms with Crippen molar-refractivity contribution < 1.29 is 37.5 Å². The van der Waals surface area contributed by atoms with Crippen molar-refractivity contribution in [3.63, 3.8) is 0 Å². The molecular weight excluding hydrogens is 225 g/mol. The number of nitrogens with zero attached hydrogens (tertiary/aromatic N) is 1. The van der Waals surface area contributed by atoms with E-state index in [9.17, 15) is 9.32 Å². The van der Waals surface area contributed by atoms with Gasteiger partial charge >= 0.3 is 18.9 Å². The predicted molar refractivity (Wildman–Crippen MR) is 54.8 cm³/mol. The first-order valence-electron chi connectivity index (χ1n) is 4.06. The Hall–Kier alpha value is -0.803. The van der Waals surface area contributed by atoms with Crippen LogP contribution in [0.2, 0.25) is 0 Å². The molecule has 0 aromatic heterocycles. The monoisotopic (exact) mass is 235 g/mol. The quantitative estimate of drug-likeness (QED) is 0.276. The molecule has 7 heteroatoms. The summed E-state index contributed by atoms with van der Waals surface area (Å²) in [7, 11) is 1.40. The number of aliphatic imine (C=N–C) groups is 1. The van der Waals surface area contributed by atoms with Crippen molar-refractivity contribution in [3.05, 3.63) is 18.2 Å². The minimum atomic E-state index is -2.19. The van der Waals surface area contributed by atoms with E-state index in [4.69, 9.17) is 9.29 Å². The van der Waals surface area contributed by atoms with Crippen LogP contribution in [0.15, 0.2) is 28.1 Å². The van der Waals surface area contributed by atoms with E-state index in [2.05, 4.69) is 4.99 Å². The Morgan fingerprint density at radius 2 is 2.19 bits per heavy atom. The van der Waals surface area contributed by atoms with Gasteiger partial charge in [-0.2, -0.15) is 0 Å². The molecule has 1 rings (SSSR count). The van der Waals surface area contributed by atoms with Crippen LogP contribution in [0, 0.1) is 0 Å². The summed E-state index contributed by atoms with van der Waals surface area (Å²) in [5.74, 6) is -0.156. The molecule has 0 saturated carbocycles. The maximum atomic E-state index is 11.0. The van der Waals surface area contributed by atoms with Crippen LogP contribution in [0.25, 0.3) is 0 Å². The Morgan fingerprint density at radius 3 is 2.62 bits per heavy atom. The molecule has 0 amide bonds. The molecular formula is C9H10LiNO4S. The first kappa shape index (κ1) is 15.2. The number of hydrogen-bond acceptors (Lipinski definition) is 4. The second kappa shape index (κ2) is 6.71. The van der Waals surface area contributed by atoms with Gasteiger partial charge in [-0.25, -0.2) is 4.21 Å². The van der Waals surface area contributed by atoms with E-state index in [-0.39, 0.29) is 29.4 Å². The maximum Gasteiger partial charge on any atom is 1.00 e. The Labute approximate surface area is 108 Å². The van der Waals surface area contributed by atoms with E-state index in [0.717, 1.165) is 0 Å². The zero-order chi connectivity index (χ0) is 11.4. The third-order valence-electron chi connectivity index (χ3n) is 1.64. The summed E-state index contributed by atoms with van der Waals surface area (Å²) in [6.07, 6.45) is 0. The summed E-state index contributed by atoms with van der Waals surface area (Å²) in [5, 5.41) is 10.9. The first-order valence-corrected chi connectivity index (χ1v) is 5.17. The fourth-order valence-corrected chi connectivity index (χ4v) is 1.58. The smallest absolute Gasteiger partial charge is 0.862 e. The van der Waals surface area contributed by atoms with Crippen LogP contribution in [-0.4, -0.2) is 21.8 Å². The minimum absolute atomic E-state index is 0. The van der Waals surface area contributed by atoms with Crippen LogP contribution in [-0.2, 0) is 11.1 Å². The van der Waals surface area contributed by atoms with Crippen molar-refractivity contribution in [1.29, 1.82) is 0 Å². The molecule has 1 unspecified atom stereocenters. The molecule has 1 atom stereocenters. The van der Waals surface area contributed by atoms with Crippen molar-refractivity contribution in [3.8, 4) is 5.75 Å². The van der Waals surface area contributed by atoms with E-state index >= 15 is 0 Å². The van der Waals surface area contributed by atoms with E-state index in [1.807, 2.05) is 0 Å². The van der Waals surface area contributed by atoms with Gasteiger partial charge < -0.3 is 14.4 Å². The van der Waals surface area contributed by atoms with Gasteiger partial charge in [0.2, 0.25) is 0 Å². The number of hydrogen-bond donors (Lipinski definition) is 1. The normalized spacial score (nSPS) is 12.8.